The summed E-state index contributed by atoms with van der Waals surface area (Å²) in [5.41, 5.74) is 1.03. The molecule has 0 saturated carbocycles. The number of carboxylic acid groups (broad SMARTS) is 1. The lowest BCUT2D eigenvalue weighted by Gasteiger charge is -2.09. The van der Waals surface area contributed by atoms with Crippen LogP contribution in [0.25, 0.3) is 10.2 Å². The molecule has 4 rings (SSSR count). The summed E-state index contributed by atoms with van der Waals surface area (Å²) in [6, 6.07) is 3.50. The number of rotatable bonds is 5. The molecule has 0 fully saturated rings. The summed E-state index contributed by atoms with van der Waals surface area (Å²) in [6.45, 7) is 0.662. The van der Waals surface area contributed by atoms with Gasteiger partial charge in [0.15, 0.2) is 5.75 Å². The lowest BCUT2D eigenvalue weighted by molar-refractivity contribution is 0.0695. The summed E-state index contributed by atoms with van der Waals surface area (Å²) in [6.07, 6.45) is 6.65. The predicted molar refractivity (Wildman–Crippen MR) is 97.2 cm³/mol. The first-order valence-corrected chi connectivity index (χ1v) is 8.75. The Hall–Kier alpha value is -3.53. The molecule has 0 aliphatic carbocycles. The summed E-state index contributed by atoms with van der Waals surface area (Å²) in [4.78, 5) is 23.9. The third kappa shape index (κ3) is 3.06. The molecule has 0 amide bonds. The zero-order valence-corrected chi connectivity index (χ0v) is 14.6. The van der Waals surface area contributed by atoms with Crippen LogP contribution in [0.4, 0.5) is 0 Å². The maximum absolute atomic E-state index is 12.5. The van der Waals surface area contributed by atoms with E-state index in [1.165, 1.54) is 4.57 Å². The Labute approximate surface area is 155 Å². The SMILES string of the molecule is O=C(O)c1c(O)c(=O)n(Cc2cnn(Cc3ccnnc3)c2)c2ccsc12. The number of carbonyl (C=O) groups is 1. The van der Waals surface area contributed by atoms with Crippen molar-refractivity contribution in [2.24, 2.45) is 0 Å². The Morgan fingerprint density at radius 1 is 1.15 bits per heavy atom. The molecule has 0 aliphatic rings. The quantitative estimate of drug-likeness (QED) is 0.536. The number of aromatic carboxylic acids is 1. The van der Waals surface area contributed by atoms with E-state index < -0.39 is 17.3 Å². The minimum atomic E-state index is -1.33. The highest BCUT2D eigenvalue weighted by atomic mass is 32.1. The number of aromatic hydroxyl groups is 1. The van der Waals surface area contributed by atoms with Gasteiger partial charge in [-0.3, -0.25) is 14.0 Å². The topological polar surface area (TPSA) is 123 Å². The van der Waals surface area contributed by atoms with E-state index in [9.17, 15) is 19.8 Å². The van der Waals surface area contributed by atoms with E-state index in [-0.39, 0.29) is 12.1 Å². The molecule has 0 radical (unpaired) electrons. The highest BCUT2D eigenvalue weighted by Gasteiger charge is 2.22. The van der Waals surface area contributed by atoms with Gasteiger partial charge in [0.05, 0.1) is 35.7 Å². The van der Waals surface area contributed by atoms with Crippen molar-refractivity contribution in [3.8, 4) is 5.75 Å². The molecule has 4 heterocycles. The summed E-state index contributed by atoms with van der Waals surface area (Å²) in [5.74, 6) is -2.09. The molecule has 0 aromatic carbocycles. The first kappa shape index (κ1) is 16.9. The van der Waals surface area contributed by atoms with E-state index in [1.54, 1.807) is 40.9 Å². The summed E-state index contributed by atoms with van der Waals surface area (Å²) >= 11 is 1.16. The van der Waals surface area contributed by atoms with Crippen molar-refractivity contribution in [1.82, 2.24) is 24.5 Å². The molecule has 2 N–H and O–H groups in total. The molecule has 0 aliphatic heterocycles. The van der Waals surface area contributed by atoms with Gasteiger partial charge in [0.25, 0.3) is 5.56 Å². The van der Waals surface area contributed by atoms with Gasteiger partial charge >= 0.3 is 5.97 Å². The molecule has 9 nitrogen and oxygen atoms in total. The minimum absolute atomic E-state index is 0.161. The van der Waals surface area contributed by atoms with Crippen LogP contribution in [0, 0.1) is 0 Å². The van der Waals surface area contributed by atoms with Gasteiger partial charge in [-0.15, -0.1) is 11.3 Å². The highest BCUT2D eigenvalue weighted by molar-refractivity contribution is 7.17. The smallest absolute Gasteiger partial charge is 0.341 e. The predicted octanol–water partition coefficient (Wildman–Crippen LogP) is 1.55. The van der Waals surface area contributed by atoms with Crippen molar-refractivity contribution in [3.63, 3.8) is 0 Å². The van der Waals surface area contributed by atoms with Crippen molar-refractivity contribution in [2.45, 2.75) is 13.1 Å². The molecular formula is C17H13N5O4S. The largest absolute Gasteiger partial charge is 0.502 e. The van der Waals surface area contributed by atoms with Crippen molar-refractivity contribution < 1.29 is 15.0 Å². The number of nitrogens with zero attached hydrogens (tertiary/aromatic N) is 5. The van der Waals surface area contributed by atoms with Gasteiger partial charge in [-0.25, -0.2) is 4.79 Å². The van der Waals surface area contributed by atoms with Crippen LogP contribution in [0.5, 0.6) is 5.75 Å². The second-order valence-corrected chi connectivity index (χ2v) is 6.77. The van der Waals surface area contributed by atoms with Crippen molar-refractivity contribution >= 4 is 27.5 Å². The van der Waals surface area contributed by atoms with Gasteiger partial charge in [0.2, 0.25) is 0 Å². The Balaban J connectivity index is 1.70. The molecule has 136 valence electrons. The second kappa shape index (κ2) is 6.65. The molecule has 4 aromatic rings. The van der Waals surface area contributed by atoms with Crippen LogP contribution in [-0.2, 0) is 13.1 Å². The molecule has 0 unspecified atom stereocenters. The molecule has 0 spiro atoms. The molecular weight excluding hydrogens is 370 g/mol. The third-order valence-corrected chi connectivity index (χ3v) is 5.00. The van der Waals surface area contributed by atoms with Gasteiger partial charge in [0, 0.05) is 18.0 Å². The Morgan fingerprint density at radius 2 is 2.00 bits per heavy atom. The van der Waals surface area contributed by atoms with Crippen molar-refractivity contribution in [3.05, 3.63) is 69.3 Å². The third-order valence-electron chi connectivity index (χ3n) is 4.08. The lowest BCUT2D eigenvalue weighted by Crippen LogP contribution is -2.22. The highest BCUT2D eigenvalue weighted by Crippen LogP contribution is 2.29. The minimum Gasteiger partial charge on any atom is -0.502 e. The van der Waals surface area contributed by atoms with E-state index in [0.29, 0.717) is 16.8 Å². The summed E-state index contributed by atoms with van der Waals surface area (Å²) in [7, 11) is 0. The fraction of sp³-hybridized carbons (Fsp3) is 0.118. The number of pyridine rings is 1. The zero-order chi connectivity index (χ0) is 19.0. The van der Waals surface area contributed by atoms with Crippen LogP contribution in [0.1, 0.15) is 21.5 Å². The van der Waals surface area contributed by atoms with E-state index in [4.69, 9.17) is 0 Å². The van der Waals surface area contributed by atoms with E-state index >= 15 is 0 Å². The molecule has 27 heavy (non-hydrogen) atoms. The van der Waals surface area contributed by atoms with E-state index in [2.05, 4.69) is 15.3 Å². The maximum atomic E-state index is 12.5. The molecule has 0 atom stereocenters. The first-order valence-electron chi connectivity index (χ1n) is 7.87. The van der Waals surface area contributed by atoms with Crippen LogP contribution in [-0.4, -0.2) is 40.7 Å². The number of aromatic nitrogens is 5. The average Bonchev–Trinajstić information content (AvgIpc) is 3.29. The van der Waals surface area contributed by atoms with Gasteiger partial charge < -0.3 is 10.2 Å². The van der Waals surface area contributed by atoms with Crippen LogP contribution >= 0.6 is 11.3 Å². The zero-order valence-electron chi connectivity index (χ0n) is 13.8. The first-order chi connectivity index (χ1) is 13.0. The van der Waals surface area contributed by atoms with Gasteiger partial charge in [-0.2, -0.15) is 15.3 Å². The van der Waals surface area contributed by atoms with Crippen LogP contribution in [0.15, 0.2) is 47.1 Å². The number of fused-ring (bicyclic) bond motifs is 1. The lowest BCUT2D eigenvalue weighted by atomic mass is 10.2. The second-order valence-electron chi connectivity index (χ2n) is 5.85. The number of carboxylic acids is 1. The number of hydrogen-bond donors (Lipinski definition) is 2. The summed E-state index contributed by atoms with van der Waals surface area (Å²) < 4.78 is 3.41. The van der Waals surface area contributed by atoms with Gasteiger partial charge in [-0.1, -0.05) is 0 Å². The molecule has 4 aromatic heterocycles. The number of hydrogen-bond acceptors (Lipinski definition) is 7. The van der Waals surface area contributed by atoms with Crippen LogP contribution in [0.3, 0.4) is 0 Å². The van der Waals surface area contributed by atoms with Crippen LogP contribution < -0.4 is 5.56 Å². The molecule has 10 heteroatoms. The van der Waals surface area contributed by atoms with E-state index in [0.717, 1.165) is 22.5 Å². The van der Waals surface area contributed by atoms with Gasteiger partial charge in [-0.05, 0) is 23.1 Å². The normalized spacial score (nSPS) is 11.1. The fourth-order valence-electron chi connectivity index (χ4n) is 2.86. The molecule has 0 bridgehead atoms. The van der Waals surface area contributed by atoms with Crippen LogP contribution in [0.2, 0.25) is 0 Å². The van der Waals surface area contributed by atoms with Gasteiger partial charge in [0.1, 0.15) is 5.56 Å². The van der Waals surface area contributed by atoms with Crippen molar-refractivity contribution in [1.29, 1.82) is 0 Å². The average molecular weight is 383 g/mol. The monoisotopic (exact) mass is 383 g/mol. The standard InChI is InChI=1S/C17H13N5O4S/c23-14-13(17(25)26)15-12(2-4-27-15)22(16(14)24)9-11-6-20-21(8-11)7-10-1-3-18-19-5-10/h1-6,8,23H,7,9H2,(H,25,26). The Kier molecular flexibility index (Phi) is 4.16. The number of thiophene rings is 1. The summed E-state index contributed by atoms with van der Waals surface area (Å²) in [5, 5.41) is 32.9. The van der Waals surface area contributed by atoms with Crippen molar-refractivity contribution in [2.75, 3.05) is 0 Å². The van der Waals surface area contributed by atoms with E-state index in [1.807, 2.05) is 6.07 Å². The Morgan fingerprint density at radius 3 is 2.74 bits per heavy atom. The molecule has 0 saturated heterocycles. The Bertz CT molecular complexity index is 1200. The fourth-order valence-corrected chi connectivity index (χ4v) is 3.80. The maximum Gasteiger partial charge on any atom is 0.341 e.